The number of rotatable bonds is 4. The molecule has 0 rings (SSSR count). The summed E-state index contributed by atoms with van der Waals surface area (Å²) in [6, 6.07) is 0.333. The second-order valence-corrected chi connectivity index (χ2v) is 4.53. The van der Waals surface area contributed by atoms with E-state index in [1.54, 1.807) is 0 Å². The van der Waals surface area contributed by atoms with Gasteiger partial charge in [0.2, 0.25) is 0 Å². The zero-order valence-electron chi connectivity index (χ0n) is 9.59. The largest absolute Gasteiger partial charge is 0.480 e. The fourth-order valence-electron chi connectivity index (χ4n) is 0.308. The molecule has 0 saturated carbocycles. The maximum absolute atomic E-state index is 10.1. The van der Waals surface area contributed by atoms with Crippen molar-refractivity contribution in [2.45, 2.75) is 19.9 Å². The lowest BCUT2D eigenvalue weighted by Crippen LogP contribution is -2.23. The molecule has 0 aromatic heterocycles. The maximum Gasteiger partial charge on any atom is 0.339 e. The van der Waals surface area contributed by atoms with Gasteiger partial charge in [0, 0.05) is 0 Å². The Bertz CT molecular complexity index is 204. The molecule has 9 nitrogen and oxygen atoms in total. The van der Waals surface area contributed by atoms with Gasteiger partial charge in [-0.3, -0.25) is 14.7 Å². The third-order valence-corrected chi connectivity index (χ3v) is 1.23. The molecule has 0 aromatic rings. The summed E-state index contributed by atoms with van der Waals surface area (Å²) in [6.07, 6.45) is -0.598. The molecule has 12 N–H and O–H groups in total. The van der Waals surface area contributed by atoms with Gasteiger partial charge in [0.25, 0.3) is 0 Å². The molecule has 10 heteroatoms. The second kappa shape index (κ2) is 12.5. The summed E-state index contributed by atoms with van der Waals surface area (Å²) >= 11 is 0. The van der Waals surface area contributed by atoms with E-state index in [4.69, 9.17) is 20.6 Å². The van der Waals surface area contributed by atoms with Gasteiger partial charge in [-0.15, -0.1) is 0 Å². The number of nitrogens with one attached hydrogen (secondary N) is 1. The van der Waals surface area contributed by atoms with Crippen molar-refractivity contribution >= 4 is 13.6 Å². The predicted molar refractivity (Wildman–Crippen MR) is 61.9 cm³/mol. The standard InChI is InChI=1S/C3H8NO5P.C3H9N.2H3N/c5-3(6)1-4-2-10(7,8)9;1-3(2)4;;/h4H,1-2H2,(H,5,6)(H2,7,8,9);3H,4H2,1-2H3;2*1H3. The third kappa shape index (κ3) is 50.1. The average Bonchev–Trinajstić information content (AvgIpc) is 1.80. The molecule has 0 heterocycles. The molecule has 0 aliphatic carbocycles. The van der Waals surface area contributed by atoms with Gasteiger partial charge in [-0.2, -0.15) is 0 Å². The lowest BCUT2D eigenvalue weighted by Gasteiger charge is -2.02. The molecule has 0 bridgehead atoms. The molecule has 0 fully saturated rings. The van der Waals surface area contributed by atoms with E-state index in [-0.39, 0.29) is 12.3 Å². The van der Waals surface area contributed by atoms with Gasteiger partial charge in [0.05, 0.1) is 12.8 Å². The number of carbonyl (C=O) groups is 1. The molecule has 0 aromatic carbocycles. The summed E-state index contributed by atoms with van der Waals surface area (Å²) in [5, 5.41) is 10.1. The van der Waals surface area contributed by atoms with Gasteiger partial charge in [0.15, 0.2) is 0 Å². The Morgan fingerprint density at radius 3 is 1.88 bits per heavy atom. The van der Waals surface area contributed by atoms with E-state index in [9.17, 15) is 9.36 Å². The molecular weight excluding hydrogens is 239 g/mol. The summed E-state index contributed by atoms with van der Waals surface area (Å²) in [5.74, 6) is -1.14. The fraction of sp³-hybridized carbons (Fsp3) is 0.833. The van der Waals surface area contributed by atoms with Crippen molar-refractivity contribution in [3.63, 3.8) is 0 Å². The Kier molecular flexibility index (Phi) is 19.3. The van der Waals surface area contributed by atoms with Crippen LogP contribution in [0.5, 0.6) is 0 Å². The summed E-state index contributed by atoms with van der Waals surface area (Å²) in [5.41, 5.74) is 5.11. The van der Waals surface area contributed by atoms with Crippen LogP contribution in [0, 0.1) is 0 Å². The van der Waals surface area contributed by atoms with Crippen LogP contribution in [0.15, 0.2) is 0 Å². The minimum atomic E-state index is -4.10. The number of carboxylic acids is 1. The molecule has 0 saturated heterocycles. The van der Waals surface area contributed by atoms with Crippen LogP contribution in [-0.4, -0.2) is 39.7 Å². The number of hydrogen-bond acceptors (Lipinski definition) is 6. The molecule has 0 unspecified atom stereocenters. The normalized spacial score (nSPS) is 9.38. The number of aliphatic carboxylic acids is 1. The first-order valence-corrected chi connectivity index (χ1v) is 5.67. The highest BCUT2D eigenvalue weighted by Gasteiger charge is 2.11. The smallest absolute Gasteiger partial charge is 0.339 e. The van der Waals surface area contributed by atoms with Crippen LogP contribution in [0.2, 0.25) is 0 Å². The molecule has 0 spiro atoms. The molecule has 0 atom stereocenters. The summed E-state index contributed by atoms with van der Waals surface area (Å²) in [6.45, 7) is 3.45. The van der Waals surface area contributed by atoms with Gasteiger partial charge < -0.3 is 32.9 Å². The van der Waals surface area contributed by atoms with Crippen molar-refractivity contribution < 1.29 is 24.3 Å². The van der Waals surface area contributed by atoms with E-state index < -0.39 is 26.4 Å². The van der Waals surface area contributed by atoms with Crippen LogP contribution in [0.1, 0.15) is 13.8 Å². The zero-order valence-corrected chi connectivity index (χ0v) is 10.5. The van der Waals surface area contributed by atoms with Crippen LogP contribution in [0.4, 0.5) is 0 Å². The topological polar surface area (TPSA) is 203 Å². The Labute approximate surface area is 94.7 Å². The molecule has 0 amide bonds. The number of hydrogen-bond donors (Lipinski definition) is 7. The summed E-state index contributed by atoms with van der Waals surface area (Å²) < 4.78 is 10.1. The summed E-state index contributed by atoms with van der Waals surface area (Å²) in [4.78, 5) is 26.1. The number of nitrogens with two attached hydrogens (primary N) is 1. The molecule has 0 aliphatic heterocycles. The van der Waals surface area contributed by atoms with Crippen molar-refractivity contribution in [1.82, 2.24) is 17.6 Å². The lowest BCUT2D eigenvalue weighted by molar-refractivity contribution is -0.135. The quantitative estimate of drug-likeness (QED) is 0.325. The van der Waals surface area contributed by atoms with Crippen molar-refractivity contribution in [1.29, 1.82) is 0 Å². The molecule has 16 heavy (non-hydrogen) atoms. The first kappa shape index (κ1) is 24.6. The highest BCUT2D eigenvalue weighted by Crippen LogP contribution is 2.31. The van der Waals surface area contributed by atoms with E-state index in [2.05, 4.69) is 5.32 Å². The van der Waals surface area contributed by atoms with E-state index in [0.29, 0.717) is 6.04 Å². The molecule has 0 radical (unpaired) electrons. The fourth-order valence-corrected chi connectivity index (χ4v) is 0.712. The van der Waals surface area contributed by atoms with Gasteiger partial charge >= 0.3 is 13.6 Å². The average molecular weight is 262 g/mol. The van der Waals surface area contributed by atoms with Crippen LogP contribution < -0.4 is 23.4 Å². The second-order valence-electron chi connectivity index (χ2n) is 2.89. The van der Waals surface area contributed by atoms with Crippen LogP contribution in [-0.2, 0) is 9.36 Å². The summed E-state index contributed by atoms with van der Waals surface area (Å²) in [7, 11) is -4.10. The van der Waals surface area contributed by atoms with Crippen LogP contribution >= 0.6 is 7.60 Å². The molecule has 0 aliphatic rings. The van der Waals surface area contributed by atoms with Crippen molar-refractivity contribution in [3.8, 4) is 0 Å². The Balaban J connectivity index is -0.000000105. The first-order valence-electron chi connectivity index (χ1n) is 3.88. The van der Waals surface area contributed by atoms with Gasteiger partial charge in [-0.1, -0.05) is 13.8 Å². The van der Waals surface area contributed by atoms with Crippen molar-refractivity contribution in [3.05, 3.63) is 0 Å². The maximum atomic E-state index is 10.1. The van der Waals surface area contributed by atoms with Crippen LogP contribution in [0.3, 0.4) is 0 Å². The van der Waals surface area contributed by atoms with Crippen LogP contribution in [0.25, 0.3) is 0 Å². The minimum Gasteiger partial charge on any atom is -0.480 e. The highest BCUT2D eigenvalue weighted by molar-refractivity contribution is 7.51. The molecular formula is C6H23N4O5P. The van der Waals surface area contributed by atoms with Crippen molar-refractivity contribution in [2.75, 3.05) is 12.8 Å². The van der Waals surface area contributed by atoms with Gasteiger partial charge in [0.1, 0.15) is 0 Å². The Morgan fingerprint density at radius 2 is 1.69 bits per heavy atom. The molecule has 102 valence electrons. The van der Waals surface area contributed by atoms with Crippen molar-refractivity contribution in [2.24, 2.45) is 5.73 Å². The van der Waals surface area contributed by atoms with E-state index in [0.717, 1.165) is 0 Å². The van der Waals surface area contributed by atoms with E-state index >= 15 is 0 Å². The zero-order chi connectivity index (χ0) is 11.8. The number of carboxylic acid groups (broad SMARTS) is 1. The third-order valence-electron chi connectivity index (χ3n) is 0.594. The van der Waals surface area contributed by atoms with E-state index in [1.807, 2.05) is 13.8 Å². The first-order chi connectivity index (χ1) is 6.15. The SMILES string of the molecule is CC(C)N.N.N.O=C(O)CNCP(=O)(O)O. The Morgan fingerprint density at radius 1 is 1.38 bits per heavy atom. The highest BCUT2D eigenvalue weighted by atomic mass is 31.2. The predicted octanol–water partition coefficient (Wildman–Crippen LogP) is -0.527. The lowest BCUT2D eigenvalue weighted by atomic mass is 10.5. The van der Waals surface area contributed by atoms with Gasteiger partial charge in [-0.05, 0) is 6.04 Å². The monoisotopic (exact) mass is 262 g/mol. The Hall–Kier alpha value is -0.540. The van der Waals surface area contributed by atoms with E-state index in [1.165, 1.54) is 0 Å². The minimum absolute atomic E-state index is 0. The van der Waals surface area contributed by atoms with Gasteiger partial charge in [-0.25, -0.2) is 0 Å².